The van der Waals surface area contributed by atoms with Crippen molar-refractivity contribution in [2.24, 2.45) is 7.05 Å². The Kier molecular flexibility index (Phi) is 4.15. The number of hydrogen-bond acceptors (Lipinski definition) is 3. The molecule has 3 rings (SSSR count). The Morgan fingerprint density at radius 2 is 1.95 bits per heavy atom. The maximum absolute atomic E-state index is 12.6. The molecule has 0 aliphatic carbocycles. The largest absolute Gasteiger partial charge is 0.378 e. The van der Waals surface area contributed by atoms with Gasteiger partial charge < -0.3 is 19.5 Å². The van der Waals surface area contributed by atoms with Gasteiger partial charge in [0.1, 0.15) is 0 Å². The molecule has 0 bridgehead atoms. The van der Waals surface area contributed by atoms with Crippen molar-refractivity contribution in [3.63, 3.8) is 0 Å². The standard InChI is InChI=1S/C17H21N3O2/c1-13-11-14(12-19(13)2)18-17(21)15-5-3-4-6-16(15)20-7-9-22-10-8-20/h3-6,11-12H,7-10H2,1-2H3,(H,18,21). The summed E-state index contributed by atoms with van der Waals surface area (Å²) in [5, 5.41) is 2.98. The van der Waals surface area contributed by atoms with E-state index in [9.17, 15) is 4.79 Å². The number of carbonyl (C=O) groups excluding carboxylic acids is 1. The fourth-order valence-corrected chi connectivity index (χ4v) is 2.69. The maximum Gasteiger partial charge on any atom is 0.257 e. The molecule has 2 heterocycles. The van der Waals surface area contributed by atoms with Crippen LogP contribution in [-0.2, 0) is 11.8 Å². The minimum atomic E-state index is -0.0762. The molecule has 1 aliphatic heterocycles. The molecular weight excluding hydrogens is 278 g/mol. The van der Waals surface area contributed by atoms with Crippen molar-refractivity contribution in [2.45, 2.75) is 6.92 Å². The van der Waals surface area contributed by atoms with Crippen LogP contribution in [0.4, 0.5) is 11.4 Å². The first-order chi connectivity index (χ1) is 10.6. The second-order valence-corrected chi connectivity index (χ2v) is 5.55. The highest BCUT2D eigenvalue weighted by molar-refractivity contribution is 6.08. The van der Waals surface area contributed by atoms with Crippen molar-refractivity contribution >= 4 is 17.3 Å². The average Bonchev–Trinajstić information content (AvgIpc) is 2.86. The zero-order chi connectivity index (χ0) is 15.5. The highest BCUT2D eigenvalue weighted by atomic mass is 16.5. The minimum absolute atomic E-state index is 0.0762. The average molecular weight is 299 g/mol. The first-order valence-corrected chi connectivity index (χ1v) is 7.51. The van der Waals surface area contributed by atoms with Gasteiger partial charge in [-0.2, -0.15) is 0 Å². The molecule has 116 valence electrons. The van der Waals surface area contributed by atoms with Crippen LogP contribution in [0.25, 0.3) is 0 Å². The summed E-state index contributed by atoms with van der Waals surface area (Å²) in [5.41, 5.74) is 3.60. The number of carbonyl (C=O) groups is 1. The smallest absolute Gasteiger partial charge is 0.257 e. The Balaban J connectivity index is 1.82. The first kappa shape index (κ1) is 14.7. The SMILES string of the molecule is Cc1cc(NC(=O)c2ccccc2N2CCOCC2)cn1C. The van der Waals surface area contributed by atoms with Gasteiger partial charge in [0.25, 0.3) is 5.91 Å². The van der Waals surface area contributed by atoms with Crippen LogP contribution in [0.1, 0.15) is 16.1 Å². The molecule has 1 saturated heterocycles. The van der Waals surface area contributed by atoms with E-state index in [2.05, 4.69) is 10.2 Å². The van der Waals surface area contributed by atoms with E-state index in [0.717, 1.165) is 30.2 Å². The molecule has 1 amide bonds. The van der Waals surface area contributed by atoms with Crippen molar-refractivity contribution in [1.82, 2.24) is 4.57 Å². The summed E-state index contributed by atoms with van der Waals surface area (Å²) in [6.45, 7) is 5.04. The lowest BCUT2D eigenvalue weighted by Gasteiger charge is -2.30. The Morgan fingerprint density at radius 3 is 2.64 bits per heavy atom. The van der Waals surface area contributed by atoms with Crippen molar-refractivity contribution in [1.29, 1.82) is 0 Å². The summed E-state index contributed by atoms with van der Waals surface area (Å²) in [6, 6.07) is 9.70. The molecule has 2 aromatic rings. The normalized spacial score (nSPS) is 14.9. The van der Waals surface area contributed by atoms with Gasteiger partial charge in [-0.15, -0.1) is 0 Å². The quantitative estimate of drug-likeness (QED) is 0.947. The number of benzene rings is 1. The van der Waals surface area contributed by atoms with E-state index < -0.39 is 0 Å². The minimum Gasteiger partial charge on any atom is -0.378 e. The van der Waals surface area contributed by atoms with Gasteiger partial charge in [-0.3, -0.25) is 4.79 Å². The van der Waals surface area contributed by atoms with Gasteiger partial charge >= 0.3 is 0 Å². The van der Waals surface area contributed by atoms with Gasteiger partial charge in [-0.25, -0.2) is 0 Å². The number of aryl methyl sites for hydroxylation is 2. The number of rotatable bonds is 3. The van der Waals surface area contributed by atoms with Crippen LogP contribution in [0.5, 0.6) is 0 Å². The van der Waals surface area contributed by atoms with Crippen molar-refractivity contribution in [3.8, 4) is 0 Å². The first-order valence-electron chi connectivity index (χ1n) is 7.51. The number of ether oxygens (including phenoxy) is 1. The van der Waals surface area contributed by atoms with E-state index in [1.54, 1.807) is 0 Å². The lowest BCUT2D eigenvalue weighted by Crippen LogP contribution is -2.37. The molecule has 1 aromatic heterocycles. The molecule has 1 aliphatic rings. The van der Waals surface area contributed by atoms with Crippen LogP contribution in [0.2, 0.25) is 0 Å². The highest BCUT2D eigenvalue weighted by Gasteiger charge is 2.18. The number of nitrogens with one attached hydrogen (secondary N) is 1. The summed E-state index contributed by atoms with van der Waals surface area (Å²) in [5.74, 6) is -0.0762. The lowest BCUT2D eigenvalue weighted by atomic mass is 10.1. The number of hydrogen-bond donors (Lipinski definition) is 1. The van der Waals surface area contributed by atoms with Crippen molar-refractivity contribution in [2.75, 3.05) is 36.5 Å². The zero-order valence-corrected chi connectivity index (χ0v) is 13.0. The van der Waals surface area contributed by atoms with E-state index in [4.69, 9.17) is 4.74 Å². The molecule has 1 N–H and O–H groups in total. The van der Waals surface area contributed by atoms with E-state index in [1.807, 2.05) is 55.1 Å². The number of amides is 1. The van der Waals surface area contributed by atoms with Gasteiger partial charge in [0, 0.05) is 37.7 Å². The van der Waals surface area contributed by atoms with E-state index in [1.165, 1.54) is 0 Å². The Bertz CT molecular complexity index is 653. The van der Waals surface area contributed by atoms with E-state index >= 15 is 0 Å². The third-order valence-electron chi connectivity index (χ3n) is 4.01. The van der Waals surface area contributed by atoms with Gasteiger partial charge in [-0.1, -0.05) is 12.1 Å². The maximum atomic E-state index is 12.6. The van der Waals surface area contributed by atoms with Gasteiger partial charge in [-0.05, 0) is 25.1 Å². The summed E-state index contributed by atoms with van der Waals surface area (Å²) in [4.78, 5) is 14.8. The van der Waals surface area contributed by atoms with Gasteiger partial charge in [0.2, 0.25) is 0 Å². The molecule has 5 heteroatoms. The van der Waals surface area contributed by atoms with Crippen molar-refractivity contribution in [3.05, 3.63) is 47.8 Å². The Hall–Kier alpha value is -2.27. The number of anilines is 2. The molecule has 1 aromatic carbocycles. The van der Waals surface area contributed by atoms with Gasteiger partial charge in [0.15, 0.2) is 0 Å². The van der Waals surface area contributed by atoms with Crippen LogP contribution in [-0.4, -0.2) is 36.8 Å². The predicted molar refractivity (Wildman–Crippen MR) is 87.6 cm³/mol. The topological polar surface area (TPSA) is 46.5 Å². The molecular formula is C17H21N3O2. The molecule has 22 heavy (non-hydrogen) atoms. The third kappa shape index (κ3) is 2.99. The van der Waals surface area contributed by atoms with Crippen LogP contribution >= 0.6 is 0 Å². The fourth-order valence-electron chi connectivity index (χ4n) is 2.69. The molecule has 0 unspecified atom stereocenters. The molecule has 0 spiro atoms. The van der Waals surface area contributed by atoms with E-state index in [-0.39, 0.29) is 5.91 Å². The summed E-state index contributed by atoms with van der Waals surface area (Å²) < 4.78 is 7.38. The fraction of sp³-hybridized carbons (Fsp3) is 0.353. The predicted octanol–water partition coefficient (Wildman–Crippen LogP) is 2.42. The van der Waals surface area contributed by atoms with Gasteiger partial charge in [0.05, 0.1) is 24.5 Å². The molecule has 0 radical (unpaired) electrons. The Labute approximate surface area is 130 Å². The van der Waals surface area contributed by atoms with Crippen LogP contribution < -0.4 is 10.2 Å². The van der Waals surface area contributed by atoms with Crippen LogP contribution in [0, 0.1) is 6.92 Å². The summed E-state index contributed by atoms with van der Waals surface area (Å²) in [6.07, 6.45) is 1.92. The second kappa shape index (κ2) is 6.23. The molecule has 0 saturated carbocycles. The van der Waals surface area contributed by atoms with Crippen LogP contribution in [0.15, 0.2) is 36.5 Å². The van der Waals surface area contributed by atoms with Crippen LogP contribution in [0.3, 0.4) is 0 Å². The molecule has 0 atom stereocenters. The summed E-state index contributed by atoms with van der Waals surface area (Å²) in [7, 11) is 1.96. The summed E-state index contributed by atoms with van der Waals surface area (Å²) >= 11 is 0. The zero-order valence-electron chi connectivity index (χ0n) is 13.0. The number of nitrogens with zero attached hydrogens (tertiary/aromatic N) is 2. The monoisotopic (exact) mass is 299 g/mol. The number of aromatic nitrogens is 1. The third-order valence-corrected chi connectivity index (χ3v) is 4.01. The number of para-hydroxylation sites is 1. The highest BCUT2D eigenvalue weighted by Crippen LogP contribution is 2.23. The molecule has 5 nitrogen and oxygen atoms in total. The van der Waals surface area contributed by atoms with E-state index in [0.29, 0.717) is 18.8 Å². The Morgan fingerprint density at radius 1 is 1.23 bits per heavy atom. The van der Waals surface area contributed by atoms with Crippen molar-refractivity contribution < 1.29 is 9.53 Å². The lowest BCUT2D eigenvalue weighted by molar-refractivity contribution is 0.102. The number of morpholine rings is 1. The molecule has 1 fully saturated rings. The second-order valence-electron chi connectivity index (χ2n) is 5.55.